The van der Waals surface area contributed by atoms with Gasteiger partial charge in [-0.15, -0.1) is 0 Å². The highest BCUT2D eigenvalue weighted by atomic mass is 16.6. The van der Waals surface area contributed by atoms with Crippen LogP contribution in [0.2, 0.25) is 0 Å². The van der Waals surface area contributed by atoms with Crippen LogP contribution in [-0.4, -0.2) is 4.92 Å². The summed E-state index contributed by atoms with van der Waals surface area (Å²) < 4.78 is 0. The third-order valence-electron chi connectivity index (χ3n) is 1.62. The molecule has 1 radical (unpaired) electrons. The Kier molecular flexibility index (Phi) is 2.40. The first-order valence-corrected chi connectivity index (χ1v) is 3.47. The maximum Gasteiger partial charge on any atom is 0.272 e. The van der Waals surface area contributed by atoms with Crippen LogP contribution in [0.1, 0.15) is 11.1 Å². The Hall–Kier alpha value is -1.42. The van der Waals surface area contributed by atoms with E-state index in [1.165, 1.54) is 12.1 Å². The normalized spacial score (nSPS) is 9.83. The predicted octanol–water partition coefficient (Wildman–Crippen LogP) is 1.83. The van der Waals surface area contributed by atoms with Crippen molar-refractivity contribution in [3.8, 4) is 0 Å². The lowest BCUT2D eigenvalue weighted by Gasteiger charge is -1.98. The van der Waals surface area contributed by atoms with Crippen LogP contribution in [0.4, 0.5) is 5.69 Å². The number of rotatable bonds is 2. The van der Waals surface area contributed by atoms with Gasteiger partial charge in [0, 0.05) is 11.6 Å². The fourth-order valence-corrected chi connectivity index (χ4v) is 1.01. The molecule has 0 saturated heterocycles. The Morgan fingerprint density at radius 2 is 2.17 bits per heavy atom. The van der Waals surface area contributed by atoms with Crippen LogP contribution in [0.15, 0.2) is 18.2 Å². The summed E-state index contributed by atoms with van der Waals surface area (Å²) in [4.78, 5) is 9.89. The fourth-order valence-electron chi connectivity index (χ4n) is 1.01. The first-order valence-electron chi connectivity index (χ1n) is 3.47. The van der Waals surface area contributed by atoms with Gasteiger partial charge < -0.3 is 0 Å². The van der Waals surface area contributed by atoms with E-state index in [0.29, 0.717) is 11.1 Å². The van der Waals surface area contributed by atoms with Crippen LogP contribution in [0, 0.1) is 17.0 Å². The predicted molar refractivity (Wildman–Crippen MR) is 42.2 cm³/mol. The molecule has 1 aromatic carbocycles. The zero-order valence-electron chi connectivity index (χ0n) is 6.61. The molecule has 0 fully saturated rings. The van der Waals surface area contributed by atoms with E-state index in [0.717, 1.165) is 0 Å². The van der Waals surface area contributed by atoms with E-state index in [-0.39, 0.29) is 12.3 Å². The van der Waals surface area contributed by atoms with E-state index in [2.05, 4.69) is 0 Å². The van der Waals surface area contributed by atoms with Crippen molar-refractivity contribution < 1.29 is 10.0 Å². The first kappa shape index (κ1) is 8.67. The Bertz CT molecular complexity index is 309. The lowest BCUT2D eigenvalue weighted by Crippen LogP contribution is -1.92. The standard InChI is InChI=1S/C8H8NO3/c1-6-4-7(5-10)2-3-8(6)9(11)12/h2-4H,5H2,1H3. The second-order valence-corrected chi connectivity index (χ2v) is 2.52. The van der Waals surface area contributed by atoms with E-state index in [9.17, 15) is 15.2 Å². The lowest BCUT2D eigenvalue weighted by molar-refractivity contribution is -0.385. The fraction of sp³-hybridized carbons (Fsp3) is 0.250. The number of aryl methyl sites for hydroxylation is 1. The summed E-state index contributed by atoms with van der Waals surface area (Å²) in [5.41, 5.74) is 1.18. The zero-order chi connectivity index (χ0) is 9.14. The molecule has 0 aliphatic rings. The molecule has 0 heterocycles. The van der Waals surface area contributed by atoms with E-state index in [1.54, 1.807) is 13.0 Å². The van der Waals surface area contributed by atoms with Crippen molar-refractivity contribution in [1.82, 2.24) is 0 Å². The van der Waals surface area contributed by atoms with Gasteiger partial charge in [0.15, 0.2) is 0 Å². The third-order valence-corrected chi connectivity index (χ3v) is 1.62. The molecule has 0 aliphatic heterocycles. The molecule has 0 aromatic heterocycles. The van der Waals surface area contributed by atoms with Gasteiger partial charge in [0.1, 0.15) is 6.61 Å². The summed E-state index contributed by atoms with van der Waals surface area (Å²) in [5, 5.41) is 20.7. The van der Waals surface area contributed by atoms with Crippen molar-refractivity contribution in [1.29, 1.82) is 0 Å². The molecule has 1 aromatic rings. The van der Waals surface area contributed by atoms with Gasteiger partial charge in [-0.05, 0) is 24.6 Å². The van der Waals surface area contributed by atoms with Crippen molar-refractivity contribution in [2.75, 3.05) is 0 Å². The molecule has 0 aliphatic carbocycles. The Morgan fingerprint density at radius 3 is 2.58 bits per heavy atom. The maximum absolute atomic E-state index is 10.4. The molecule has 0 spiro atoms. The van der Waals surface area contributed by atoms with Gasteiger partial charge in [-0.2, -0.15) is 0 Å². The van der Waals surface area contributed by atoms with Gasteiger partial charge in [-0.3, -0.25) is 10.1 Å². The minimum atomic E-state index is -0.454. The van der Waals surface area contributed by atoms with Crippen LogP contribution in [0.3, 0.4) is 0 Å². The number of hydrogen-bond acceptors (Lipinski definition) is 2. The molecule has 0 bridgehead atoms. The van der Waals surface area contributed by atoms with Gasteiger partial charge in [0.05, 0.1) is 4.92 Å². The van der Waals surface area contributed by atoms with E-state index >= 15 is 0 Å². The lowest BCUT2D eigenvalue weighted by atomic mass is 10.1. The Balaban J connectivity index is 3.12. The van der Waals surface area contributed by atoms with Gasteiger partial charge >= 0.3 is 0 Å². The molecule has 0 saturated carbocycles. The van der Waals surface area contributed by atoms with E-state index < -0.39 is 4.92 Å². The highest BCUT2D eigenvalue weighted by Gasteiger charge is 2.09. The Labute approximate surface area is 69.6 Å². The Morgan fingerprint density at radius 1 is 1.50 bits per heavy atom. The quantitative estimate of drug-likeness (QED) is 0.497. The number of nitro groups is 1. The summed E-state index contributed by atoms with van der Waals surface area (Å²) in [5.74, 6) is 0. The number of nitrogens with zero attached hydrogens (tertiary/aromatic N) is 1. The minimum Gasteiger partial charge on any atom is -0.258 e. The average Bonchev–Trinajstić information content (AvgIpc) is 2.03. The van der Waals surface area contributed by atoms with Crippen LogP contribution in [0.5, 0.6) is 0 Å². The maximum atomic E-state index is 10.4. The summed E-state index contributed by atoms with van der Waals surface area (Å²) in [6.45, 7) is 1.29. The molecule has 0 N–H and O–H groups in total. The van der Waals surface area contributed by atoms with Gasteiger partial charge in [-0.25, -0.2) is 5.11 Å². The topological polar surface area (TPSA) is 63.0 Å². The van der Waals surface area contributed by atoms with Crippen molar-refractivity contribution in [2.45, 2.75) is 13.5 Å². The SMILES string of the molecule is Cc1cc(C[O])ccc1[N+](=O)[O-]. The van der Waals surface area contributed by atoms with Crippen molar-refractivity contribution in [2.24, 2.45) is 0 Å². The van der Waals surface area contributed by atoms with Crippen molar-refractivity contribution >= 4 is 5.69 Å². The summed E-state index contributed by atoms with van der Waals surface area (Å²) in [6.07, 6.45) is 0. The van der Waals surface area contributed by atoms with Crippen LogP contribution >= 0.6 is 0 Å². The second-order valence-electron chi connectivity index (χ2n) is 2.52. The first-order chi connectivity index (χ1) is 5.65. The average molecular weight is 166 g/mol. The molecule has 12 heavy (non-hydrogen) atoms. The molecular formula is C8H8NO3. The minimum absolute atomic E-state index is 0.0622. The number of hydrogen-bond donors (Lipinski definition) is 0. The molecule has 4 heteroatoms. The zero-order valence-corrected chi connectivity index (χ0v) is 6.61. The highest BCUT2D eigenvalue weighted by molar-refractivity contribution is 5.41. The van der Waals surface area contributed by atoms with E-state index in [1.807, 2.05) is 0 Å². The molecule has 4 nitrogen and oxygen atoms in total. The largest absolute Gasteiger partial charge is 0.272 e. The highest BCUT2D eigenvalue weighted by Crippen LogP contribution is 2.18. The summed E-state index contributed by atoms with van der Waals surface area (Å²) in [6, 6.07) is 4.39. The number of benzene rings is 1. The van der Waals surface area contributed by atoms with Crippen molar-refractivity contribution in [3.63, 3.8) is 0 Å². The van der Waals surface area contributed by atoms with Gasteiger partial charge in [0.2, 0.25) is 0 Å². The van der Waals surface area contributed by atoms with Crippen LogP contribution < -0.4 is 0 Å². The monoisotopic (exact) mass is 166 g/mol. The summed E-state index contributed by atoms with van der Waals surface area (Å²) in [7, 11) is 0. The van der Waals surface area contributed by atoms with E-state index in [4.69, 9.17) is 0 Å². The van der Waals surface area contributed by atoms with Crippen molar-refractivity contribution in [3.05, 3.63) is 39.4 Å². The third kappa shape index (κ3) is 1.60. The van der Waals surface area contributed by atoms with Crippen LogP contribution in [0.25, 0.3) is 0 Å². The smallest absolute Gasteiger partial charge is 0.258 e. The molecule has 0 amide bonds. The second kappa shape index (κ2) is 3.32. The summed E-state index contributed by atoms with van der Waals surface area (Å²) >= 11 is 0. The molecule has 1 rings (SSSR count). The molecule has 0 atom stereocenters. The molecule has 0 unspecified atom stereocenters. The molecular weight excluding hydrogens is 158 g/mol. The van der Waals surface area contributed by atoms with Gasteiger partial charge in [0.25, 0.3) is 5.69 Å². The molecule has 63 valence electrons. The number of nitro benzene ring substituents is 1. The van der Waals surface area contributed by atoms with Crippen LogP contribution in [-0.2, 0) is 11.7 Å². The van der Waals surface area contributed by atoms with Gasteiger partial charge in [-0.1, -0.05) is 0 Å².